The summed E-state index contributed by atoms with van der Waals surface area (Å²) in [5.41, 5.74) is 10.3. The number of hydrogen-bond donors (Lipinski definition) is 0. The van der Waals surface area contributed by atoms with Crippen LogP contribution in [-0.4, -0.2) is 24.9 Å². The Morgan fingerprint density at radius 1 is 0.395 bits per heavy atom. The summed E-state index contributed by atoms with van der Waals surface area (Å²) in [7, 11) is 0. The summed E-state index contributed by atoms with van der Waals surface area (Å²) in [4.78, 5) is 23.5. The molecule has 0 radical (unpaired) electrons. The highest BCUT2D eigenvalue weighted by Gasteiger charge is 2.15. The number of aryl methyl sites for hydroxylation is 1. The van der Waals surface area contributed by atoms with Crippen LogP contribution >= 0.6 is 0 Å². The smallest absolute Gasteiger partial charge is 0.164 e. The van der Waals surface area contributed by atoms with E-state index >= 15 is 0 Å². The molecule has 2 heterocycles. The highest BCUT2D eigenvalue weighted by atomic mass is 15.0. The largest absolute Gasteiger partial charge is 0.261 e. The van der Waals surface area contributed by atoms with Gasteiger partial charge in [0, 0.05) is 34.6 Å². The second kappa shape index (κ2) is 11.6. The van der Waals surface area contributed by atoms with Crippen LogP contribution in [0.5, 0.6) is 0 Å². The minimum atomic E-state index is 0.624. The Kier molecular flexibility index (Phi) is 7.04. The first kappa shape index (κ1) is 26.1. The van der Waals surface area contributed by atoms with Crippen LogP contribution in [0, 0.1) is 6.92 Å². The Morgan fingerprint density at radius 2 is 0.860 bits per heavy atom. The molecule has 0 unspecified atom stereocenters. The number of rotatable bonds is 6. The van der Waals surface area contributed by atoms with Gasteiger partial charge in [-0.1, -0.05) is 115 Å². The minimum absolute atomic E-state index is 0.624. The number of benzene rings is 5. The number of aromatic nitrogens is 5. The lowest BCUT2D eigenvalue weighted by molar-refractivity contribution is 1.07. The quantitative estimate of drug-likeness (QED) is 0.206. The molecule has 7 aromatic rings. The van der Waals surface area contributed by atoms with Crippen LogP contribution in [0.2, 0.25) is 0 Å². The highest BCUT2D eigenvalue weighted by molar-refractivity contribution is 5.81. The molecule has 0 saturated heterocycles. The van der Waals surface area contributed by atoms with E-state index in [0.29, 0.717) is 17.5 Å². The maximum atomic E-state index is 5.00. The molecular formula is C38H27N5. The summed E-state index contributed by atoms with van der Waals surface area (Å²) < 4.78 is 0. The van der Waals surface area contributed by atoms with Gasteiger partial charge >= 0.3 is 0 Å². The molecule has 0 fully saturated rings. The van der Waals surface area contributed by atoms with E-state index in [4.69, 9.17) is 15.0 Å². The maximum Gasteiger partial charge on any atom is 0.164 e. The summed E-state index contributed by atoms with van der Waals surface area (Å²) in [6, 6.07) is 43.7. The lowest BCUT2D eigenvalue weighted by Gasteiger charge is -2.13. The molecule has 5 aromatic carbocycles. The van der Waals surface area contributed by atoms with Crippen molar-refractivity contribution in [1.29, 1.82) is 0 Å². The van der Waals surface area contributed by atoms with Crippen molar-refractivity contribution >= 4 is 0 Å². The van der Waals surface area contributed by atoms with Gasteiger partial charge in [-0.3, -0.25) is 9.97 Å². The van der Waals surface area contributed by atoms with Crippen molar-refractivity contribution in [2.45, 2.75) is 6.92 Å². The van der Waals surface area contributed by atoms with E-state index in [1.165, 1.54) is 5.56 Å². The zero-order valence-electron chi connectivity index (χ0n) is 23.6. The topological polar surface area (TPSA) is 64.5 Å². The second-order valence-corrected chi connectivity index (χ2v) is 10.4. The molecule has 204 valence electrons. The SMILES string of the molecule is Cc1ccc(-c2cc(-c3ccc(-c4cnccn4)cc3)cc(-c3nc(-c4ccccc4)nc(-c4ccccc4)n3)c2)cc1. The molecule has 43 heavy (non-hydrogen) atoms. The predicted octanol–water partition coefficient (Wildman–Crippen LogP) is 8.97. The summed E-state index contributed by atoms with van der Waals surface area (Å²) in [5.74, 6) is 1.90. The van der Waals surface area contributed by atoms with Gasteiger partial charge in [0.25, 0.3) is 0 Å². The molecule has 0 bridgehead atoms. The fraction of sp³-hybridized carbons (Fsp3) is 0.0263. The zero-order chi connectivity index (χ0) is 29.0. The van der Waals surface area contributed by atoms with E-state index in [0.717, 1.165) is 50.2 Å². The monoisotopic (exact) mass is 553 g/mol. The van der Waals surface area contributed by atoms with Crippen LogP contribution in [-0.2, 0) is 0 Å². The Balaban J connectivity index is 1.40. The lowest BCUT2D eigenvalue weighted by atomic mass is 9.94. The van der Waals surface area contributed by atoms with E-state index < -0.39 is 0 Å². The van der Waals surface area contributed by atoms with Gasteiger partial charge in [0.1, 0.15) is 0 Å². The van der Waals surface area contributed by atoms with Gasteiger partial charge in [-0.05, 0) is 47.4 Å². The molecule has 0 aliphatic rings. The van der Waals surface area contributed by atoms with Crippen molar-refractivity contribution in [3.8, 4) is 67.7 Å². The molecule has 0 spiro atoms. The fourth-order valence-corrected chi connectivity index (χ4v) is 5.06. The third-order valence-corrected chi connectivity index (χ3v) is 7.35. The lowest BCUT2D eigenvalue weighted by Crippen LogP contribution is -2.00. The van der Waals surface area contributed by atoms with Crippen LogP contribution < -0.4 is 0 Å². The van der Waals surface area contributed by atoms with Gasteiger partial charge < -0.3 is 0 Å². The van der Waals surface area contributed by atoms with Gasteiger partial charge in [-0.25, -0.2) is 15.0 Å². The van der Waals surface area contributed by atoms with Crippen LogP contribution in [0.15, 0.2) is 146 Å². The van der Waals surface area contributed by atoms with Gasteiger partial charge in [0.05, 0.1) is 11.9 Å². The molecule has 0 aliphatic heterocycles. The molecule has 5 nitrogen and oxygen atoms in total. The molecular weight excluding hydrogens is 526 g/mol. The van der Waals surface area contributed by atoms with E-state index in [1.54, 1.807) is 18.6 Å². The molecule has 5 heteroatoms. The van der Waals surface area contributed by atoms with Crippen molar-refractivity contribution in [3.63, 3.8) is 0 Å². The van der Waals surface area contributed by atoms with E-state index in [2.05, 4.69) is 83.6 Å². The van der Waals surface area contributed by atoms with Gasteiger partial charge in [-0.15, -0.1) is 0 Å². The predicted molar refractivity (Wildman–Crippen MR) is 173 cm³/mol. The van der Waals surface area contributed by atoms with Crippen LogP contribution in [0.1, 0.15) is 5.56 Å². The van der Waals surface area contributed by atoms with E-state index in [-0.39, 0.29) is 0 Å². The minimum Gasteiger partial charge on any atom is -0.261 e. The van der Waals surface area contributed by atoms with Gasteiger partial charge in [0.15, 0.2) is 17.5 Å². The number of nitrogens with zero attached hydrogens (tertiary/aromatic N) is 5. The summed E-state index contributed by atoms with van der Waals surface area (Å²) in [6.45, 7) is 2.10. The van der Waals surface area contributed by atoms with Crippen LogP contribution in [0.4, 0.5) is 0 Å². The van der Waals surface area contributed by atoms with E-state index in [1.807, 2.05) is 60.7 Å². The Hall–Kier alpha value is -5.81. The average molecular weight is 554 g/mol. The van der Waals surface area contributed by atoms with Gasteiger partial charge in [0.2, 0.25) is 0 Å². The first-order valence-corrected chi connectivity index (χ1v) is 14.2. The first-order valence-electron chi connectivity index (χ1n) is 14.2. The highest BCUT2D eigenvalue weighted by Crippen LogP contribution is 2.34. The number of hydrogen-bond acceptors (Lipinski definition) is 5. The third-order valence-electron chi connectivity index (χ3n) is 7.35. The van der Waals surface area contributed by atoms with Crippen molar-refractivity contribution in [1.82, 2.24) is 24.9 Å². The Bertz CT molecular complexity index is 1930. The third kappa shape index (κ3) is 5.69. The van der Waals surface area contributed by atoms with Crippen molar-refractivity contribution < 1.29 is 0 Å². The average Bonchev–Trinajstić information content (AvgIpc) is 3.09. The van der Waals surface area contributed by atoms with Crippen molar-refractivity contribution in [3.05, 3.63) is 152 Å². The van der Waals surface area contributed by atoms with Crippen LogP contribution in [0.3, 0.4) is 0 Å². The second-order valence-electron chi connectivity index (χ2n) is 10.4. The summed E-state index contributed by atoms with van der Waals surface area (Å²) in [6.07, 6.45) is 5.17. The van der Waals surface area contributed by atoms with E-state index in [9.17, 15) is 0 Å². The molecule has 0 N–H and O–H groups in total. The Labute approximate surface area is 250 Å². The van der Waals surface area contributed by atoms with Gasteiger partial charge in [-0.2, -0.15) is 0 Å². The van der Waals surface area contributed by atoms with Crippen LogP contribution in [0.25, 0.3) is 67.7 Å². The summed E-state index contributed by atoms with van der Waals surface area (Å²) in [5, 5.41) is 0. The molecule has 2 aromatic heterocycles. The van der Waals surface area contributed by atoms with Crippen molar-refractivity contribution in [2.75, 3.05) is 0 Å². The molecule has 0 aliphatic carbocycles. The zero-order valence-corrected chi connectivity index (χ0v) is 23.6. The first-order chi connectivity index (χ1) is 21.2. The molecule has 7 rings (SSSR count). The molecule has 0 saturated carbocycles. The Morgan fingerprint density at radius 3 is 1.37 bits per heavy atom. The standard InChI is InChI=1S/C38H27N5/c1-26-12-14-27(15-13-26)32-22-33(28-16-18-29(19-17-28)35-25-39-20-21-40-35)24-34(23-32)38-42-36(30-8-4-2-5-9-30)41-37(43-38)31-10-6-3-7-11-31/h2-25H,1H3. The summed E-state index contributed by atoms with van der Waals surface area (Å²) >= 11 is 0. The normalized spacial score (nSPS) is 10.9. The molecule has 0 amide bonds. The fourth-order valence-electron chi connectivity index (χ4n) is 5.06. The molecule has 0 atom stereocenters. The maximum absolute atomic E-state index is 5.00. The van der Waals surface area contributed by atoms with Crippen molar-refractivity contribution in [2.24, 2.45) is 0 Å².